The lowest BCUT2D eigenvalue weighted by Crippen LogP contribution is -2.35. The van der Waals surface area contributed by atoms with E-state index in [4.69, 9.17) is 11.6 Å². The predicted octanol–water partition coefficient (Wildman–Crippen LogP) is 3.77. The number of benzene rings is 2. The van der Waals surface area contributed by atoms with E-state index in [1.54, 1.807) is 47.4 Å². The number of hydrogen-bond acceptors (Lipinski definition) is 4. The molecule has 0 unspecified atom stereocenters. The smallest absolute Gasteiger partial charge is 0.255 e. The second kappa shape index (κ2) is 8.24. The van der Waals surface area contributed by atoms with Gasteiger partial charge in [0, 0.05) is 37.4 Å². The van der Waals surface area contributed by atoms with Crippen molar-refractivity contribution in [1.29, 1.82) is 5.26 Å². The minimum absolute atomic E-state index is 0.0391. The minimum Gasteiger partial charge on any atom is -0.369 e. The Morgan fingerprint density at radius 1 is 1.04 bits per heavy atom. The van der Waals surface area contributed by atoms with E-state index in [0.717, 1.165) is 12.1 Å². The van der Waals surface area contributed by atoms with Crippen LogP contribution in [-0.4, -0.2) is 42.8 Å². The van der Waals surface area contributed by atoms with E-state index in [-0.39, 0.29) is 11.7 Å². The van der Waals surface area contributed by atoms with Crippen LogP contribution in [0, 0.1) is 11.3 Å². The normalized spacial score (nSPS) is 14.4. The first kappa shape index (κ1) is 18.9. The SMILES string of the molecule is CC(=O)c1ccc(C#N)cc1N1CCCN(C(=O)c2ccccc2Cl)CC1. The molecule has 138 valence electrons. The van der Waals surface area contributed by atoms with Gasteiger partial charge < -0.3 is 9.80 Å². The maximum Gasteiger partial charge on any atom is 0.255 e. The summed E-state index contributed by atoms with van der Waals surface area (Å²) in [4.78, 5) is 28.7. The summed E-state index contributed by atoms with van der Waals surface area (Å²) in [6.45, 7) is 3.97. The van der Waals surface area contributed by atoms with Crippen molar-refractivity contribution in [2.24, 2.45) is 0 Å². The molecule has 0 atom stereocenters. The lowest BCUT2D eigenvalue weighted by molar-refractivity contribution is 0.0767. The molecule has 1 amide bonds. The molecule has 2 aromatic rings. The first-order valence-corrected chi connectivity index (χ1v) is 9.23. The Bertz CT molecular complexity index is 920. The number of anilines is 1. The van der Waals surface area contributed by atoms with Crippen LogP contribution in [0.4, 0.5) is 5.69 Å². The van der Waals surface area contributed by atoms with Crippen molar-refractivity contribution in [1.82, 2.24) is 4.90 Å². The Labute approximate surface area is 163 Å². The molecule has 1 heterocycles. The van der Waals surface area contributed by atoms with E-state index in [9.17, 15) is 14.9 Å². The number of amides is 1. The summed E-state index contributed by atoms with van der Waals surface area (Å²) in [5, 5.41) is 9.64. The Morgan fingerprint density at radius 2 is 1.81 bits per heavy atom. The number of rotatable bonds is 3. The van der Waals surface area contributed by atoms with Crippen molar-refractivity contribution in [3.8, 4) is 6.07 Å². The van der Waals surface area contributed by atoms with Gasteiger partial charge in [0.1, 0.15) is 0 Å². The van der Waals surface area contributed by atoms with Gasteiger partial charge in [0.25, 0.3) is 5.91 Å². The van der Waals surface area contributed by atoms with E-state index in [2.05, 4.69) is 11.0 Å². The maximum absolute atomic E-state index is 12.8. The molecule has 0 N–H and O–H groups in total. The molecule has 0 saturated carbocycles. The van der Waals surface area contributed by atoms with Gasteiger partial charge in [-0.1, -0.05) is 23.7 Å². The summed E-state index contributed by atoms with van der Waals surface area (Å²) in [7, 11) is 0. The topological polar surface area (TPSA) is 64.4 Å². The number of ketones is 1. The summed E-state index contributed by atoms with van der Waals surface area (Å²) in [5.41, 5.74) is 2.38. The monoisotopic (exact) mass is 381 g/mol. The summed E-state index contributed by atoms with van der Waals surface area (Å²) >= 11 is 6.17. The molecule has 1 fully saturated rings. The summed E-state index contributed by atoms with van der Waals surface area (Å²) in [6, 6.07) is 14.3. The number of carbonyl (C=O) groups is 2. The number of Topliss-reactive ketones (excluding diaryl/α,β-unsaturated/α-hetero) is 1. The third-order valence-electron chi connectivity index (χ3n) is 4.73. The number of halogens is 1. The molecule has 3 rings (SSSR count). The fourth-order valence-corrected chi connectivity index (χ4v) is 3.54. The molecular weight excluding hydrogens is 362 g/mol. The molecule has 0 aromatic heterocycles. The van der Waals surface area contributed by atoms with Crippen LogP contribution in [0.15, 0.2) is 42.5 Å². The van der Waals surface area contributed by atoms with E-state index in [0.29, 0.717) is 47.9 Å². The standard InChI is InChI=1S/C21H20ClN3O2/c1-15(26)17-8-7-16(14-23)13-20(17)24-9-4-10-25(12-11-24)21(27)18-5-2-3-6-19(18)22/h2-3,5-8,13H,4,9-12H2,1H3. The van der Waals surface area contributed by atoms with Gasteiger partial charge >= 0.3 is 0 Å². The maximum atomic E-state index is 12.8. The molecule has 1 aliphatic rings. The Kier molecular flexibility index (Phi) is 5.78. The van der Waals surface area contributed by atoms with Crippen LogP contribution in [-0.2, 0) is 0 Å². The fourth-order valence-electron chi connectivity index (χ4n) is 3.33. The van der Waals surface area contributed by atoms with Gasteiger partial charge in [0.2, 0.25) is 0 Å². The highest BCUT2D eigenvalue weighted by atomic mass is 35.5. The highest BCUT2D eigenvalue weighted by Crippen LogP contribution is 2.25. The summed E-state index contributed by atoms with van der Waals surface area (Å²) < 4.78 is 0. The molecule has 27 heavy (non-hydrogen) atoms. The van der Waals surface area contributed by atoms with Gasteiger partial charge in [-0.3, -0.25) is 9.59 Å². The molecule has 1 saturated heterocycles. The quantitative estimate of drug-likeness (QED) is 0.759. The van der Waals surface area contributed by atoms with Gasteiger partial charge in [0.05, 0.1) is 22.2 Å². The number of nitrogens with zero attached hydrogens (tertiary/aromatic N) is 3. The molecule has 0 aliphatic carbocycles. The van der Waals surface area contributed by atoms with E-state index in [1.807, 2.05) is 0 Å². The number of nitriles is 1. The van der Waals surface area contributed by atoms with Gasteiger partial charge in [0.15, 0.2) is 5.78 Å². The van der Waals surface area contributed by atoms with Gasteiger partial charge in [-0.25, -0.2) is 0 Å². The molecule has 0 radical (unpaired) electrons. The molecule has 1 aliphatic heterocycles. The average Bonchev–Trinajstić information content (AvgIpc) is 2.93. The van der Waals surface area contributed by atoms with Crippen LogP contribution >= 0.6 is 11.6 Å². The Balaban J connectivity index is 1.82. The van der Waals surface area contributed by atoms with Crippen LogP contribution in [0.3, 0.4) is 0 Å². The van der Waals surface area contributed by atoms with E-state index in [1.165, 1.54) is 6.92 Å². The van der Waals surface area contributed by atoms with Crippen LogP contribution < -0.4 is 4.90 Å². The van der Waals surface area contributed by atoms with Gasteiger partial charge in [-0.2, -0.15) is 5.26 Å². The third kappa shape index (κ3) is 4.12. The zero-order valence-corrected chi connectivity index (χ0v) is 15.9. The van der Waals surface area contributed by atoms with Crippen LogP contribution in [0.25, 0.3) is 0 Å². The number of carbonyl (C=O) groups excluding carboxylic acids is 2. The zero-order valence-electron chi connectivity index (χ0n) is 15.1. The fraction of sp³-hybridized carbons (Fsp3) is 0.286. The lowest BCUT2D eigenvalue weighted by Gasteiger charge is -2.25. The first-order valence-electron chi connectivity index (χ1n) is 8.85. The van der Waals surface area contributed by atoms with E-state index < -0.39 is 0 Å². The predicted molar refractivity (Wildman–Crippen MR) is 105 cm³/mol. The molecular formula is C21H20ClN3O2. The molecule has 0 spiro atoms. The zero-order chi connectivity index (χ0) is 19.4. The van der Waals surface area contributed by atoms with Crippen molar-refractivity contribution in [3.63, 3.8) is 0 Å². The Morgan fingerprint density at radius 3 is 2.52 bits per heavy atom. The third-order valence-corrected chi connectivity index (χ3v) is 5.06. The highest BCUT2D eigenvalue weighted by Gasteiger charge is 2.23. The second-order valence-electron chi connectivity index (χ2n) is 6.51. The van der Waals surface area contributed by atoms with Gasteiger partial charge in [-0.05, 0) is 43.7 Å². The van der Waals surface area contributed by atoms with Crippen LogP contribution in [0.2, 0.25) is 5.02 Å². The molecule has 2 aromatic carbocycles. The average molecular weight is 382 g/mol. The highest BCUT2D eigenvalue weighted by molar-refractivity contribution is 6.33. The molecule has 0 bridgehead atoms. The van der Waals surface area contributed by atoms with Crippen LogP contribution in [0.5, 0.6) is 0 Å². The number of hydrogen-bond donors (Lipinski definition) is 0. The van der Waals surface area contributed by atoms with E-state index >= 15 is 0 Å². The van der Waals surface area contributed by atoms with Crippen molar-refractivity contribution >= 4 is 29.0 Å². The minimum atomic E-state index is -0.0833. The van der Waals surface area contributed by atoms with Crippen molar-refractivity contribution in [2.75, 3.05) is 31.1 Å². The second-order valence-corrected chi connectivity index (χ2v) is 6.92. The van der Waals surface area contributed by atoms with Gasteiger partial charge in [-0.15, -0.1) is 0 Å². The molecule has 5 nitrogen and oxygen atoms in total. The summed E-state index contributed by atoms with van der Waals surface area (Å²) in [5.74, 6) is -0.122. The first-order chi connectivity index (χ1) is 13.0. The Hall–Kier alpha value is -2.84. The van der Waals surface area contributed by atoms with Crippen LogP contribution in [0.1, 0.15) is 39.6 Å². The lowest BCUT2D eigenvalue weighted by atomic mass is 10.1. The van der Waals surface area contributed by atoms with Crippen molar-refractivity contribution in [3.05, 3.63) is 64.2 Å². The van der Waals surface area contributed by atoms with Crippen molar-refractivity contribution < 1.29 is 9.59 Å². The van der Waals surface area contributed by atoms with Crippen molar-refractivity contribution in [2.45, 2.75) is 13.3 Å². The largest absolute Gasteiger partial charge is 0.369 e. The summed E-state index contributed by atoms with van der Waals surface area (Å²) in [6.07, 6.45) is 0.768. The molecule has 6 heteroatoms.